The Labute approximate surface area is 219 Å². The number of hydrogen-bond donors (Lipinski definition) is 2. The highest BCUT2D eigenvalue weighted by Gasteiger charge is 2.23. The second kappa shape index (κ2) is 17.3. The molecule has 13 heteroatoms. The fourth-order valence-electron chi connectivity index (χ4n) is 2.98. The Balaban J connectivity index is 4.59. The number of nitrogens with one attached hydrogen (secondary N) is 1. The molecule has 0 aromatic rings. The van der Waals surface area contributed by atoms with Gasteiger partial charge in [0.25, 0.3) is 0 Å². The largest absolute Gasteiger partial charge is 0.481 e. The number of rotatable bonds is 16. The van der Waals surface area contributed by atoms with Crippen molar-refractivity contribution in [3.63, 3.8) is 0 Å². The SMILES string of the molecule is CC(C)(C)OC(=O)N(CCCCNC(=O)CCN(CCCCN=[N+]=[N-])C(=O)OC(C)(C)C)CCC(=O)O. The van der Waals surface area contributed by atoms with Crippen molar-refractivity contribution in [1.29, 1.82) is 0 Å². The van der Waals surface area contributed by atoms with Gasteiger partial charge in [-0.25, -0.2) is 9.59 Å². The molecule has 212 valence electrons. The second-order valence-corrected chi connectivity index (χ2v) is 10.5. The summed E-state index contributed by atoms with van der Waals surface area (Å²) in [6, 6.07) is 0. The van der Waals surface area contributed by atoms with Gasteiger partial charge in [0.1, 0.15) is 11.2 Å². The number of amides is 3. The van der Waals surface area contributed by atoms with E-state index in [0.717, 1.165) is 0 Å². The van der Waals surface area contributed by atoms with Gasteiger partial charge in [0.2, 0.25) is 5.91 Å². The van der Waals surface area contributed by atoms with Crippen LogP contribution in [0.3, 0.4) is 0 Å². The van der Waals surface area contributed by atoms with E-state index >= 15 is 0 Å². The normalized spacial score (nSPS) is 11.2. The minimum atomic E-state index is -1.00. The molecule has 0 fully saturated rings. The van der Waals surface area contributed by atoms with Crippen LogP contribution >= 0.6 is 0 Å². The molecule has 3 amide bonds. The fourth-order valence-corrected chi connectivity index (χ4v) is 2.98. The molecule has 0 aromatic heterocycles. The molecule has 0 unspecified atom stereocenters. The lowest BCUT2D eigenvalue weighted by atomic mass is 10.2. The number of carbonyl (C=O) groups excluding carboxylic acids is 3. The molecule has 0 saturated carbocycles. The van der Waals surface area contributed by atoms with Crippen molar-refractivity contribution in [3.8, 4) is 0 Å². The van der Waals surface area contributed by atoms with Gasteiger partial charge in [-0.15, -0.1) is 0 Å². The summed E-state index contributed by atoms with van der Waals surface area (Å²) in [4.78, 5) is 53.6. The van der Waals surface area contributed by atoms with Gasteiger partial charge in [-0.3, -0.25) is 9.59 Å². The van der Waals surface area contributed by atoms with Crippen molar-refractivity contribution in [2.75, 3.05) is 39.3 Å². The standard InChI is InChI=1S/C24H44N6O7/c1-23(2,3)36-21(34)29(16-10-8-14-27-28-25)17-11-19(31)26-13-7-9-15-30(18-12-20(32)33)22(35)37-24(4,5)6/h7-18H2,1-6H3,(H,26,31)(H,32,33). The van der Waals surface area contributed by atoms with Crippen molar-refractivity contribution >= 4 is 24.1 Å². The summed E-state index contributed by atoms with van der Waals surface area (Å²) in [5.41, 5.74) is 7.00. The summed E-state index contributed by atoms with van der Waals surface area (Å²) in [5.74, 6) is -1.23. The molecule has 0 aliphatic rings. The predicted octanol–water partition coefficient (Wildman–Crippen LogP) is 4.31. The topological polar surface area (TPSA) is 174 Å². The smallest absolute Gasteiger partial charge is 0.410 e. The Hall–Kier alpha value is -3.21. The number of nitrogens with zero attached hydrogens (tertiary/aromatic N) is 5. The maximum atomic E-state index is 12.5. The monoisotopic (exact) mass is 528 g/mol. The van der Waals surface area contributed by atoms with Crippen LogP contribution in [0, 0.1) is 0 Å². The van der Waals surface area contributed by atoms with Gasteiger partial charge < -0.3 is 29.7 Å². The Bertz CT molecular complexity index is 785. The van der Waals surface area contributed by atoms with Crippen LogP contribution in [-0.4, -0.2) is 89.4 Å². The molecule has 0 aromatic carbocycles. The first kappa shape index (κ1) is 33.8. The molecule has 0 atom stereocenters. The molecule has 0 rings (SSSR count). The number of azide groups is 1. The van der Waals surface area contributed by atoms with Crippen molar-refractivity contribution in [3.05, 3.63) is 10.4 Å². The van der Waals surface area contributed by atoms with E-state index in [4.69, 9.17) is 20.1 Å². The first-order valence-electron chi connectivity index (χ1n) is 12.6. The molecule has 0 aliphatic heterocycles. The maximum Gasteiger partial charge on any atom is 0.410 e. The quantitative estimate of drug-likeness (QED) is 0.130. The number of carbonyl (C=O) groups is 4. The third kappa shape index (κ3) is 19.6. The van der Waals surface area contributed by atoms with Gasteiger partial charge in [-0.2, -0.15) is 0 Å². The van der Waals surface area contributed by atoms with Crippen molar-refractivity contribution in [2.24, 2.45) is 5.11 Å². The highest BCUT2D eigenvalue weighted by molar-refractivity contribution is 5.77. The highest BCUT2D eigenvalue weighted by atomic mass is 16.6. The summed E-state index contributed by atoms with van der Waals surface area (Å²) in [6.07, 6.45) is 1.18. The van der Waals surface area contributed by atoms with Crippen LogP contribution in [0.5, 0.6) is 0 Å². The molecule has 0 bridgehead atoms. The van der Waals surface area contributed by atoms with E-state index in [9.17, 15) is 19.2 Å². The van der Waals surface area contributed by atoms with E-state index in [1.54, 1.807) is 41.5 Å². The highest BCUT2D eigenvalue weighted by Crippen LogP contribution is 2.12. The Kier molecular flexibility index (Phi) is 15.8. The molecule has 0 spiro atoms. The van der Waals surface area contributed by atoms with Gasteiger partial charge in [0.15, 0.2) is 0 Å². The zero-order valence-corrected chi connectivity index (χ0v) is 23.1. The molecular weight excluding hydrogens is 484 g/mol. The lowest BCUT2D eigenvalue weighted by molar-refractivity contribution is -0.137. The van der Waals surface area contributed by atoms with Gasteiger partial charge in [0, 0.05) is 50.6 Å². The van der Waals surface area contributed by atoms with Gasteiger partial charge in [-0.05, 0) is 72.8 Å². The van der Waals surface area contributed by atoms with E-state index in [2.05, 4.69) is 15.3 Å². The van der Waals surface area contributed by atoms with Crippen LogP contribution in [0.1, 0.15) is 80.1 Å². The molecule has 2 N–H and O–H groups in total. The number of carboxylic acids is 1. The van der Waals surface area contributed by atoms with E-state index in [1.165, 1.54) is 9.80 Å². The summed E-state index contributed by atoms with van der Waals surface area (Å²) in [7, 11) is 0. The zero-order valence-electron chi connectivity index (χ0n) is 23.1. The van der Waals surface area contributed by atoms with Crippen molar-refractivity contribution < 1.29 is 33.8 Å². The van der Waals surface area contributed by atoms with E-state index in [0.29, 0.717) is 51.9 Å². The van der Waals surface area contributed by atoms with E-state index < -0.39 is 29.4 Å². The Morgan fingerprint density at radius 3 is 1.76 bits per heavy atom. The minimum Gasteiger partial charge on any atom is -0.481 e. The lowest BCUT2D eigenvalue weighted by Crippen LogP contribution is -2.40. The molecular formula is C24H44N6O7. The summed E-state index contributed by atoms with van der Waals surface area (Å²) in [5, 5.41) is 15.2. The predicted molar refractivity (Wildman–Crippen MR) is 138 cm³/mol. The number of hydrogen-bond acceptors (Lipinski definition) is 7. The lowest BCUT2D eigenvalue weighted by Gasteiger charge is -2.27. The van der Waals surface area contributed by atoms with Crippen LogP contribution < -0.4 is 5.32 Å². The third-order valence-corrected chi connectivity index (χ3v) is 4.68. The Morgan fingerprint density at radius 1 is 0.811 bits per heavy atom. The van der Waals surface area contributed by atoms with Crippen LogP contribution in [-0.2, 0) is 19.1 Å². The molecule has 13 nitrogen and oxygen atoms in total. The molecule has 0 heterocycles. The van der Waals surface area contributed by atoms with Crippen LogP contribution in [0.15, 0.2) is 5.11 Å². The number of aliphatic carboxylic acids is 1. The van der Waals surface area contributed by atoms with Gasteiger partial charge in [-0.1, -0.05) is 5.11 Å². The maximum absolute atomic E-state index is 12.5. The summed E-state index contributed by atoms with van der Waals surface area (Å²) < 4.78 is 10.8. The number of carboxylic acid groups (broad SMARTS) is 1. The average Bonchev–Trinajstić information content (AvgIpc) is 2.74. The average molecular weight is 529 g/mol. The molecule has 0 saturated heterocycles. The Morgan fingerprint density at radius 2 is 1.30 bits per heavy atom. The van der Waals surface area contributed by atoms with E-state index in [1.807, 2.05) is 0 Å². The number of unbranched alkanes of at least 4 members (excludes halogenated alkanes) is 2. The minimum absolute atomic E-state index is 0.0416. The first-order chi connectivity index (χ1) is 17.1. The summed E-state index contributed by atoms with van der Waals surface area (Å²) >= 11 is 0. The molecule has 0 radical (unpaired) electrons. The van der Waals surface area contributed by atoms with Gasteiger partial charge in [0.05, 0.1) is 6.42 Å². The van der Waals surface area contributed by atoms with E-state index in [-0.39, 0.29) is 31.8 Å². The van der Waals surface area contributed by atoms with Crippen LogP contribution in [0.2, 0.25) is 0 Å². The fraction of sp³-hybridized carbons (Fsp3) is 0.833. The van der Waals surface area contributed by atoms with Crippen molar-refractivity contribution in [1.82, 2.24) is 15.1 Å². The second-order valence-electron chi connectivity index (χ2n) is 10.5. The zero-order chi connectivity index (χ0) is 28.5. The molecule has 0 aliphatic carbocycles. The molecule has 37 heavy (non-hydrogen) atoms. The summed E-state index contributed by atoms with van der Waals surface area (Å²) in [6.45, 7) is 12.1. The third-order valence-electron chi connectivity index (χ3n) is 4.68. The van der Waals surface area contributed by atoms with Gasteiger partial charge >= 0.3 is 18.2 Å². The van der Waals surface area contributed by atoms with Crippen molar-refractivity contribution in [2.45, 2.75) is 91.3 Å². The number of ether oxygens (including phenoxy) is 2. The van der Waals surface area contributed by atoms with Crippen LogP contribution in [0.4, 0.5) is 9.59 Å². The van der Waals surface area contributed by atoms with Crippen LogP contribution in [0.25, 0.3) is 10.4 Å². The first-order valence-corrected chi connectivity index (χ1v) is 12.6.